The summed E-state index contributed by atoms with van der Waals surface area (Å²) in [7, 11) is 1.65. The van der Waals surface area contributed by atoms with Gasteiger partial charge in [-0.3, -0.25) is 0 Å². The highest BCUT2D eigenvalue weighted by Gasteiger charge is 2.03. The van der Waals surface area contributed by atoms with Crippen LogP contribution < -0.4 is 4.74 Å². The summed E-state index contributed by atoms with van der Waals surface area (Å²) in [5.41, 5.74) is 1.11. The standard InChI is InChI=1S/C12H14ClNO/c1-15-12-7-6-11(13)9-10(12)5-3-2-4-8-14/h6-7,9H,2-5H2,1H3. The van der Waals surface area contributed by atoms with E-state index in [-0.39, 0.29) is 0 Å². The van der Waals surface area contributed by atoms with E-state index in [2.05, 4.69) is 6.07 Å². The molecular weight excluding hydrogens is 210 g/mol. The molecule has 0 radical (unpaired) electrons. The van der Waals surface area contributed by atoms with Crippen LogP contribution in [0.1, 0.15) is 24.8 Å². The Labute approximate surface area is 95.4 Å². The van der Waals surface area contributed by atoms with Crippen LogP contribution in [0.15, 0.2) is 18.2 Å². The SMILES string of the molecule is COc1ccc(Cl)cc1CCCCC#N. The van der Waals surface area contributed by atoms with E-state index in [4.69, 9.17) is 21.6 Å². The smallest absolute Gasteiger partial charge is 0.122 e. The van der Waals surface area contributed by atoms with E-state index in [9.17, 15) is 0 Å². The topological polar surface area (TPSA) is 33.0 Å². The van der Waals surface area contributed by atoms with E-state index in [1.165, 1.54) is 0 Å². The summed E-state index contributed by atoms with van der Waals surface area (Å²) in [5.74, 6) is 0.872. The maximum absolute atomic E-state index is 8.41. The number of ether oxygens (including phenoxy) is 1. The molecule has 0 saturated carbocycles. The Hall–Kier alpha value is -1.20. The lowest BCUT2D eigenvalue weighted by molar-refractivity contribution is 0.409. The van der Waals surface area contributed by atoms with Gasteiger partial charge in [-0.25, -0.2) is 0 Å². The Balaban J connectivity index is 2.58. The zero-order valence-corrected chi connectivity index (χ0v) is 9.55. The molecule has 80 valence electrons. The molecule has 0 unspecified atom stereocenters. The first-order valence-corrected chi connectivity index (χ1v) is 5.35. The Kier molecular flexibility index (Phi) is 5.00. The molecule has 0 aliphatic rings. The first-order chi connectivity index (χ1) is 7.27. The van der Waals surface area contributed by atoms with Gasteiger partial charge in [0.1, 0.15) is 5.75 Å². The summed E-state index contributed by atoms with van der Waals surface area (Å²) in [6.07, 6.45) is 3.44. The average molecular weight is 224 g/mol. The van der Waals surface area contributed by atoms with Gasteiger partial charge in [-0.05, 0) is 43.0 Å². The van der Waals surface area contributed by atoms with Crippen LogP contribution in [0.2, 0.25) is 5.02 Å². The number of methoxy groups -OCH3 is 1. The van der Waals surface area contributed by atoms with Crippen molar-refractivity contribution in [3.63, 3.8) is 0 Å². The molecule has 0 heterocycles. The zero-order valence-electron chi connectivity index (χ0n) is 8.79. The van der Waals surface area contributed by atoms with Crippen molar-refractivity contribution in [2.75, 3.05) is 7.11 Å². The fourth-order valence-corrected chi connectivity index (χ4v) is 1.66. The molecule has 2 nitrogen and oxygen atoms in total. The number of halogens is 1. The Morgan fingerprint density at radius 1 is 1.40 bits per heavy atom. The Morgan fingerprint density at radius 3 is 2.87 bits per heavy atom. The molecule has 0 fully saturated rings. The van der Waals surface area contributed by atoms with Crippen molar-refractivity contribution < 1.29 is 4.74 Å². The molecule has 0 amide bonds. The van der Waals surface area contributed by atoms with Crippen LogP contribution in [0.25, 0.3) is 0 Å². The predicted octanol–water partition coefficient (Wildman–Crippen LogP) is 3.58. The van der Waals surface area contributed by atoms with Gasteiger partial charge < -0.3 is 4.74 Å². The second-order valence-electron chi connectivity index (χ2n) is 3.32. The van der Waals surface area contributed by atoms with Crippen molar-refractivity contribution in [3.8, 4) is 11.8 Å². The van der Waals surface area contributed by atoms with Crippen LogP contribution >= 0.6 is 11.6 Å². The van der Waals surface area contributed by atoms with Gasteiger partial charge in [0, 0.05) is 11.4 Å². The molecule has 3 heteroatoms. The van der Waals surface area contributed by atoms with Gasteiger partial charge in [-0.2, -0.15) is 5.26 Å². The highest BCUT2D eigenvalue weighted by molar-refractivity contribution is 6.30. The molecule has 0 aromatic heterocycles. The maximum Gasteiger partial charge on any atom is 0.122 e. The lowest BCUT2D eigenvalue weighted by Crippen LogP contribution is -1.92. The van der Waals surface area contributed by atoms with Gasteiger partial charge >= 0.3 is 0 Å². The summed E-state index contributed by atoms with van der Waals surface area (Å²) in [5, 5.41) is 9.14. The molecule has 0 atom stereocenters. The highest BCUT2D eigenvalue weighted by Crippen LogP contribution is 2.24. The molecule has 0 bridgehead atoms. The summed E-state index contributed by atoms with van der Waals surface area (Å²) in [6, 6.07) is 7.76. The number of benzene rings is 1. The van der Waals surface area contributed by atoms with Crippen LogP contribution in [0.4, 0.5) is 0 Å². The number of unbranched alkanes of at least 4 members (excludes halogenated alkanes) is 2. The molecule has 1 aromatic rings. The zero-order chi connectivity index (χ0) is 11.1. The minimum atomic E-state index is 0.614. The quantitative estimate of drug-likeness (QED) is 0.715. The van der Waals surface area contributed by atoms with Crippen LogP contribution in [0.5, 0.6) is 5.75 Å². The predicted molar refractivity (Wildman–Crippen MR) is 61.2 cm³/mol. The fourth-order valence-electron chi connectivity index (χ4n) is 1.46. The van der Waals surface area contributed by atoms with Gasteiger partial charge in [-0.1, -0.05) is 11.6 Å². The summed E-state index contributed by atoms with van der Waals surface area (Å²) in [6.45, 7) is 0. The van der Waals surface area contributed by atoms with Gasteiger partial charge in [0.05, 0.1) is 13.2 Å². The van der Waals surface area contributed by atoms with E-state index >= 15 is 0 Å². The molecule has 0 spiro atoms. The molecule has 0 aliphatic carbocycles. The van der Waals surface area contributed by atoms with Crippen molar-refractivity contribution in [2.24, 2.45) is 0 Å². The van der Waals surface area contributed by atoms with Crippen molar-refractivity contribution in [1.82, 2.24) is 0 Å². The Morgan fingerprint density at radius 2 is 2.20 bits per heavy atom. The molecule has 0 saturated heterocycles. The van der Waals surface area contributed by atoms with E-state index in [1.807, 2.05) is 18.2 Å². The van der Waals surface area contributed by atoms with Crippen molar-refractivity contribution >= 4 is 11.6 Å². The third-order valence-electron chi connectivity index (χ3n) is 2.23. The van der Waals surface area contributed by atoms with Crippen molar-refractivity contribution in [3.05, 3.63) is 28.8 Å². The van der Waals surface area contributed by atoms with Crippen LogP contribution in [0.3, 0.4) is 0 Å². The van der Waals surface area contributed by atoms with E-state index in [0.717, 1.165) is 35.6 Å². The van der Waals surface area contributed by atoms with Crippen molar-refractivity contribution in [1.29, 1.82) is 5.26 Å². The monoisotopic (exact) mass is 223 g/mol. The van der Waals surface area contributed by atoms with Gasteiger partial charge in [0.2, 0.25) is 0 Å². The number of hydrogen-bond donors (Lipinski definition) is 0. The van der Waals surface area contributed by atoms with Crippen molar-refractivity contribution in [2.45, 2.75) is 25.7 Å². The summed E-state index contributed by atoms with van der Waals surface area (Å²) < 4.78 is 5.23. The first-order valence-electron chi connectivity index (χ1n) is 4.97. The van der Waals surface area contributed by atoms with E-state index < -0.39 is 0 Å². The van der Waals surface area contributed by atoms with Crippen LogP contribution in [-0.2, 0) is 6.42 Å². The average Bonchev–Trinajstić information content (AvgIpc) is 2.25. The number of nitrogens with zero attached hydrogens (tertiary/aromatic N) is 1. The molecule has 15 heavy (non-hydrogen) atoms. The largest absolute Gasteiger partial charge is 0.496 e. The minimum absolute atomic E-state index is 0.614. The van der Waals surface area contributed by atoms with Gasteiger partial charge in [0.15, 0.2) is 0 Å². The number of aryl methyl sites for hydroxylation is 1. The molecule has 1 aromatic carbocycles. The molecular formula is C12H14ClNO. The summed E-state index contributed by atoms with van der Waals surface area (Å²) in [4.78, 5) is 0. The molecule has 0 N–H and O–H groups in total. The molecule has 1 rings (SSSR count). The van der Waals surface area contributed by atoms with E-state index in [1.54, 1.807) is 7.11 Å². The first kappa shape index (κ1) is 11.9. The number of rotatable bonds is 5. The second kappa shape index (κ2) is 6.31. The van der Waals surface area contributed by atoms with Gasteiger partial charge in [0.25, 0.3) is 0 Å². The fraction of sp³-hybridized carbons (Fsp3) is 0.417. The lowest BCUT2D eigenvalue weighted by Gasteiger charge is -2.08. The van der Waals surface area contributed by atoms with E-state index in [0.29, 0.717) is 6.42 Å². The molecule has 0 aliphatic heterocycles. The highest BCUT2D eigenvalue weighted by atomic mass is 35.5. The second-order valence-corrected chi connectivity index (χ2v) is 3.76. The lowest BCUT2D eigenvalue weighted by atomic mass is 10.1. The Bertz CT molecular complexity index is 357. The number of nitriles is 1. The summed E-state index contributed by atoms with van der Waals surface area (Å²) >= 11 is 5.91. The maximum atomic E-state index is 8.41. The number of hydrogen-bond acceptors (Lipinski definition) is 2. The third kappa shape index (κ3) is 3.81. The third-order valence-corrected chi connectivity index (χ3v) is 2.46. The van der Waals surface area contributed by atoms with Gasteiger partial charge in [-0.15, -0.1) is 0 Å². The van der Waals surface area contributed by atoms with Crippen LogP contribution in [-0.4, -0.2) is 7.11 Å². The van der Waals surface area contributed by atoms with Crippen LogP contribution in [0, 0.1) is 11.3 Å². The normalized spacial score (nSPS) is 9.67. The minimum Gasteiger partial charge on any atom is -0.496 e.